The number of carbonyl (C=O) groups excluding carboxylic acids is 1. The molecule has 0 aliphatic rings. The molecule has 1 N–H and O–H groups in total. The molecule has 166 valence electrons. The average molecular weight is 481 g/mol. The molecule has 0 bridgehead atoms. The number of carbonyl (C=O) groups is 1. The third kappa shape index (κ3) is 3.70. The van der Waals surface area contributed by atoms with E-state index < -0.39 is 17.2 Å². The van der Waals surface area contributed by atoms with Crippen LogP contribution >= 0.6 is 23.2 Å². The Bertz CT molecular complexity index is 1560. The summed E-state index contributed by atoms with van der Waals surface area (Å²) in [7, 11) is 0. The number of benzene rings is 2. The maximum Gasteiger partial charge on any atom is 0.271 e. The first-order valence-corrected chi connectivity index (χ1v) is 10.7. The van der Waals surface area contributed by atoms with Crippen molar-refractivity contribution in [3.8, 4) is 11.9 Å². The molecule has 0 spiro atoms. The molecule has 0 aliphatic heterocycles. The molecule has 0 unspecified atom stereocenters. The van der Waals surface area contributed by atoms with Gasteiger partial charge in [0.05, 0.1) is 12.1 Å². The van der Waals surface area contributed by atoms with E-state index in [-0.39, 0.29) is 29.0 Å². The van der Waals surface area contributed by atoms with Crippen molar-refractivity contribution in [2.45, 2.75) is 27.3 Å². The van der Waals surface area contributed by atoms with Crippen LogP contribution in [0.15, 0.2) is 45.6 Å². The Balaban J connectivity index is 1.94. The molecule has 0 saturated carbocycles. The molecule has 0 radical (unpaired) electrons. The number of nitriles is 1. The molecule has 2 heterocycles. The first-order chi connectivity index (χ1) is 15.6. The van der Waals surface area contributed by atoms with E-state index in [9.17, 15) is 20.0 Å². The van der Waals surface area contributed by atoms with Gasteiger partial charge in [-0.05, 0) is 55.7 Å². The summed E-state index contributed by atoms with van der Waals surface area (Å²) in [6.45, 7) is 4.86. The van der Waals surface area contributed by atoms with E-state index in [1.165, 1.54) is 6.92 Å². The smallest absolute Gasteiger partial charge is 0.271 e. The number of ketones is 1. The molecule has 0 aliphatic carbocycles. The quantitative estimate of drug-likeness (QED) is 0.378. The van der Waals surface area contributed by atoms with Crippen molar-refractivity contribution in [1.29, 1.82) is 5.26 Å². The summed E-state index contributed by atoms with van der Waals surface area (Å²) in [5, 5.41) is 22.2. The zero-order valence-electron chi connectivity index (χ0n) is 18.0. The van der Waals surface area contributed by atoms with Crippen molar-refractivity contribution in [2.75, 3.05) is 0 Å². The summed E-state index contributed by atoms with van der Waals surface area (Å²) in [5.41, 5.74) is 1.29. The summed E-state index contributed by atoms with van der Waals surface area (Å²) >= 11 is 12.5. The normalized spacial score (nSPS) is 11.0. The Hall–Kier alpha value is -3.53. The molecule has 6 nitrogen and oxygen atoms in total. The SMILES string of the molecule is Cc1cc2oc(C(=O)c3c(C)c(C#N)c(=O)n(Cc4ccccc4Cl)c3O)c(C)c2cc1Cl. The Morgan fingerprint density at radius 3 is 2.48 bits per heavy atom. The highest BCUT2D eigenvalue weighted by Gasteiger charge is 2.29. The maximum atomic E-state index is 13.6. The van der Waals surface area contributed by atoms with Crippen LogP contribution in [0.5, 0.6) is 5.88 Å². The minimum Gasteiger partial charge on any atom is -0.494 e. The van der Waals surface area contributed by atoms with Crippen molar-refractivity contribution >= 4 is 40.0 Å². The summed E-state index contributed by atoms with van der Waals surface area (Å²) in [6.07, 6.45) is 0. The molecule has 0 saturated heterocycles. The van der Waals surface area contributed by atoms with Gasteiger partial charge in [-0.1, -0.05) is 41.4 Å². The highest BCUT2D eigenvalue weighted by Crippen LogP contribution is 2.34. The second-order valence-electron chi connectivity index (χ2n) is 7.78. The number of fused-ring (bicyclic) bond motifs is 1. The molecular weight excluding hydrogens is 463 g/mol. The van der Waals surface area contributed by atoms with Crippen LogP contribution in [0, 0.1) is 32.1 Å². The molecule has 0 atom stereocenters. The Morgan fingerprint density at radius 1 is 1.12 bits per heavy atom. The van der Waals surface area contributed by atoms with E-state index in [4.69, 9.17) is 27.6 Å². The number of aryl methyl sites for hydroxylation is 2. The molecular formula is C25H18Cl2N2O4. The lowest BCUT2D eigenvalue weighted by Gasteiger charge is -2.15. The van der Waals surface area contributed by atoms with Crippen molar-refractivity contribution in [3.63, 3.8) is 0 Å². The Kier molecular flexibility index (Phi) is 5.79. The van der Waals surface area contributed by atoms with Crippen molar-refractivity contribution in [2.24, 2.45) is 0 Å². The third-order valence-corrected chi connectivity index (χ3v) is 6.51. The molecule has 0 fully saturated rings. The van der Waals surface area contributed by atoms with E-state index in [0.717, 1.165) is 10.1 Å². The van der Waals surface area contributed by atoms with Gasteiger partial charge >= 0.3 is 0 Å². The zero-order chi connectivity index (χ0) is 24.0. The van der Waals surface area contributed by atoms with Crippen molar-refractivity contribution in [1.82, 2.24) is 4.57 Å². The molecule has 4 aromatic rings. The van der Waals surface area contributed by atoms with Crippen LogP contribution in [0.25, 0.3) is 11.0 Å². The minimum atomic E-state index is -0.715. The topological polar surface area (TPSA) is 96.2 Å². The summed E-state index contributed by atoms with van der Waals surface area (Å²) < 4.78 is 6.80. The third-order valence-electron chi connectivity index (χ3n) is 5.74. The maximum absolute atomic E-state index is 13.6. The van der Waals surface area contributed by atoms with Gasteiger partial charge in [-0.15, -0.1) is 0 Å². The number of hydrogen-bond donors (Lipinski definition) is 1. The van der Waals surface area contributed by atoms with Gasteiger partial charge in [0.25, 0.3) is 5.56 Å². The van der Waals surface area contributed by atoms with Crippen LogP contribution in [-0.2, 0) is 6.54 Å². The predicted octanol–water partition coefficient (Wildman–Crippen LogP) is 5.68. The second-order valence-corrected chi connectivity index (χ2v) is 8.59. The number of pyridine rings is 1. The molecule has 4 rings (SSSR count). The number of hydrogen-bond acceptors (Lipinski definition) is 5. The standard InChI is InChI=1S/C25H18Cl2N2O4/c1-12-8-20-16(9-19(12)27)14(3)23(33-20)22(30)21-13(2)17(10-28)24(31)29(25(21)32)11-15-6-4-5-7-18(15)26/h4-9,32H,11H2,1-3H3. The van der Waals surface area contributed by atoms with Crippen LogP contribution in [0.3, 0.4) is 0 Å². The van der Waals surface area contributed by atoms with Gasteiger partial charge in [0.2, 0.25) is 11.7 Å². The fraction of sp³-hybridized carbons (Fsp3) is 0.160. The van der Waals surface area contributed by atoms with Gasteiger partial charge in [0.1, 0.15) is 17.2 Å². The number of halogens is 2. The zero-order valence-corrected chi connectivity index (χ0v) is 19.5. The van der Waals surface area contributed by atoms with Crippen LogP contribution in [0.4, 0.5) is 0 Å². The first kappa shape index (κ1) is 22.7. The van der Waals surface area contributed by atoms with Crippen molar-refractivity contribution in [3.05, 3.63) is 95.9 Å². The van der Waals surface area contributed by atoms with Gasteiger partial charge in [0, 0.05) is 21.0 Å². The monoisotopic (exact) mass is 480 g/mol. The van der Waals surface area contributed by atoms with Crippen LogP contribution < -0.4 is 5.56 Å². The Labute approximate surface area is 199 Å². The number of furan rings is 1. The van der Waals surface area contributed by atoms with Crippen LogP contribution in [-0.4, -0.2) is 15.5 Å². The van der Waals surface area contributed by atoms with E-state index in [0.29, 0.717) is 32.1 Å². The fourth-order valence-electron chi connectivity index (χ4n) is 3.84. The van der Waals surface area contributed by atoms with E-state index in [2.05, 4.69) is 0 Å². The minimum absolute atomic E-state index is 0.00287. The second kappa shape index (κ2) is 8.43. The predicted molar refractivity (Wildman–Crippen MR) is 127 cm³/mol. The summed E-state index contributed by atoms with van der Waals surface area (Å²) in [6, 6.07) is 12.1. The van der Waals surface area contributed by atoms with Crippen LogP contribution in [0.2, 0.25) is 10.0 Å². The largest absolute Gasteiger partial charge is 0.494 e. The lowest BCUT2D eigenvalue weighted by Crippen LogP contribution is -2.27. The highest BCUT2D eigenvalue weighted by molar-refractivity contribution is 6.32. The molecule has 2 aromatic carbocycles. The van der Waals surface area contributed by atoms with Crippen molar-refractivity contribution < 1.29 is 14.3 Å². The number of rotatable bonds is 4. The lowest BCUT2D eigenvalue weighted by atomic mass is 9.98. The number of aromatic nitrogens is 1. The lowest BCUT2D eigenvalue weighted by molar-refractivity contribution is 0.101. The summed E-state index contributed by atoms with van der Waals surface area (Å²) in [4.78, 5) is 26.5. The van der Waals surface area contributed by atoms with Gasteiger partial charge in [0.15, 0.2) is 5.76 Å². The fourth-order valence-corrected chi connectivity index (χ4v) is 4.20. The summed E-state index contributed by atoms with van der Waals surface area (Å²) in [5.74, 6) is -1.20. The van der Waals surface area contributed by atoms with E-state index in [1.54, 1.807) is 43.3 Å². The van der Waals surface area contributed by atoms with E-state index in [1.807, 2.05) is 13.0 Å². The molecule has 8 heteroatoms. The molecule has 2 aromatic heterocycles. The average Bonchev–Trinajstić information content (AvgIpc) is 3.08. The van der Waals surface area contributed by atoms with Crippen LogP contribution in [0.1, 0.15) is 43.9 Å². The van der Waals surface area contributed by atoms with Gasteiger partial charge in [-0.25, -0.2) is 0 Å². The number of aromatic hydroxyl groups is 1. The van der Waals surface area contributed by atoms with Gasteiger partial charge in [-0.3, -0.25) is 14.2 Å². The first-order valence-electron chi connectivity index (χ1n) is 9.99. The molecule has 0 amide bonds. The van der Waals surface area contributed by atoms with Gasteiger partial charge in [-0.2, -0.15) is 5.26 Å². The molecule has 33 heavy (non-hydrogen) atoms. The number of nitrogens with zero attached hydrogens (tertiary/aromatic N) is 2. The Morgan fingerprint density at radius 2 is 1.82 bits per heavy atom. The van der Waals surface area contributed by atoms with Gasteiger partial charge < -0.3 is 9.52 Å². The highest BCUT2D eigenvalue weighted by atomic mass is 35.5. The van der Waals surface area contributed by atoms with E-state index >= 15 is 0 Å².